The van der Waals surface area contributed by atoms with Crippen molar-refractivity contribution in [3.05, 3.63) is 23.8 Å². The van der Waals surface area contributed by atoms with Crippen molar-refractivity contribution in [2.24, 2.45) is 11.7 Å². The van der Waals surface area contributed by atoms with Crippen molar-refractivity contribution in [1.29, 1.82) is 0 Å². The number of nitrogen functional groups attached to an aromatic ring is 1. The van der Waals surface area contributed by atoms with Gasteiger partial charge in [0.2, 0.25) is 5.91 Å². The van der Waals surface area contributed by atoms with E-state index in [0.717, 1.165) is 5.56 Å². The Balaban J connectivity index is 2.89. The molecule has 1 aromatic rings. The predicted molar refractivity (Wildman–Crippen MR) is 65.2 cm³/mol. The summed E-state index contributed by atoms with van der Waals surface area (Å²) in [5.74, 6) is -0.601. The smallest absolute Gasteiger partial charge is 0.221 e. The van der Waals surface area contributed by atoms with Gasteiger partial charge in [0.15, 0.2) is 0 Å². The largest absolute Gasteiger partial charge is 0.398 e. The van der Waals surface area contributed by atoms with Gasteiger partial charge in [0.1, 0.15) is 0 Å². The lowest BCUT2D eigenvalue weighted by atomic mass is 10.2. The second-order valence-corrected chi connectivity index (χ2v) is 5.25. The van der Waals surface area contributed by atoms with Crippen LogP contribution in [0, 0.1) is 12.8 Å². The molecule has 4 nitrogen and oxygen atoms in total. The average molecular weight is 240 g/mol. The first-order chi connectivity index (χ1) is 7.43. The average Bonchev–Trinajstić information content (AvgIpc) is 2.21. The quantitative estimate of drug-likeness (QED) is 0.763. The highest BCUT2D eigenvalue weighted by atomic mass is 32.2. The molecule has 1 aromatic carbocycles. The van der Waals surface area contributed by atoms with Gasteiger partial charge in [-0.15, -0.1) is 0 Å². The number of anilines is 1. The van der Waals surface area contributed by atoms with Crippen LogP contribution in [0.25, 0.3) is 0 Å². The van der Waals surface area contributed by atoms with Crippen molar-refractivity contribution in [3.8, 4) is 0 Å². The summed E-state index contributed by atoms with van der Waals surface area (Å²) in [5.41, 5.74) is 12.3. The van der Waals surface area contributed by atoms with Gasteiger partial charge in [-0.1, -0.05) is 13.0 Å². The molecule has 0 aliphatic heterocycles. The minimum atomic E-state index is -1.24. The Morgan fingerprint density at radius 3 is 2.69 bits per heavy atom. The second-order valence-electron chi connectivity index (χ2n) is 3.79. The third-order valence-corrected chi connectivity index (χ3v) is 4.19. The van der Waals surface area contributed by atoms with Crippen LogP contribution in [0.1, 0.15) is 12.5 Å². The molecule has 0 spiro atoms. The first kappa shape index (κ1) is 12.7. The summed E-state index contributed by atoms with van der Waals surface area (Å²) in [6, 6.07) is 5.27. The van der Waals surface area contributed by atoms with E-state index in [1.807, 2.05) is 6.92 Å². The minimum Gasteiger partial charge on any atom is -0.398 e. The maximum absolute atomic E-state index is 12.0. The third-order valence-electron chi connectivity index (χ3n) is 2.46. The molecule has 0 saturated heterocycles. The zero-order valence-electron chi connectivity index (χ0n) is 9.40. The molecule has 0 radical (unpaired) electrons. The van der Waals surface area contributed by atoms with E-state index in [0.29, 0.717) is 10.6 Å². The molecule has 1 amide bonds. The molecule has 0 aliphatic rings. The Kier molecular flexibility index (Phi) is 4.06. The molecular weight excluding hydrogens is 224 g/mol. The van der Waals surface area contributed by atoms with Crippen molar-refractivity contribution in [3.63, 3.8) is 0 Å². The number of rotatable bonds is 4. The van der Waals surface area contributed by atoms with E-state index < -0.39 is 22.6 Å². The molecule has 0 bridgehead atoms. The van der Waals surface area contributed by atoms with E-state index in [9.17, 15) is 9.00 Å². The van der Waals surface area contributed by atoms with Crippen LogP contribution in [0.5, 0.6) is 0 Å². The second kappa shape index (κ2) is 5.12. The van der Waals surface area contributed by atoms with E-state index in [4.69, 9.17) is 11.5 Å². The number of primary amides is 1. The first-order valence-electron chi connectivity index (χ1n) is 4.96. The van der Waals surface area contributed by atoms with Gasteiger partial charge in [0, 0.05) is 22.3 Å². The Morgan fingerprint density at radius 1 is 1.50 bits per heavy atom. The monoisotopic (exact) mass is 240 g/mol. The zero-order valence-corrected chi connectivity index (χ0v) is 10.2. The van der Waals surface area contributed by atoms with Crippen molar-refractivity contribution in [2.75, 3.05) is 11.5 Å². The van der Waals surface area contributed by atoms with E-state index in [-0.39, 0.29) is 5.75 Å². The predicted octanol–water partition coefficient (Wildman–Crippen LogP) is 0.806. The Hall–Kier alpha value is -1.36. The molecule has 0 heterocycles. The number of carbonyl (C=O) groups excluding carboxylic acids is 1. The molecule has 0 fully saturated rings. The summed E-state index contributed by atoms with van der Waals surface area (Å²) < 4.78 is 12.0. The number of hydrogen-bond donors (Lipinski definition) is 2. The van der Waals surface area contributed by atoms with Crippen LogP contribution in [-0.4, -0.2) is 15.9 Å². The van der Waals surface area contributed by atoms with Gasteiger partial charge >= 0.3 is 0 Å². The molecule has 2 atom stereocenters. The SMILES string of the molecule is Cc1c(N)cccc1S(=O)CC(C)C(N)=O. The molecule has 88 valence electrons. The van der Waals surface area contributed by atoms with Crippen LogP contribution >= 0.6 is 0 Å². The van der Waals surface area contributed by atoms with Crippen LogP contribution in [0.2, 0.25) is 0 Å². The van der Waals surface area contributed by atoms with Crippen molar-refractivity contribution in [1.82, 2.24) is 0 Å². The molecule has 5 heteroatoms. The van der Waals surface area contributed by atoms with Gasteiger partial charge in [0.25, 0.3) is 0 Å². The van der Waals surface area contributed by atoms with Crippen molar-refractivity contribution in [2.45, 2.75) is 18.7 Å². The van der Waals surface area contributed by atoms with Crippen LogP contribution < -0.4 is 11.5 Å². The van der Waals surface area contributed by atoms with Crippen LogP contribution in [0.15, 0.2) is 23.1 Å². The summed E-state index contributed by atoms with van der Waals surface area (Å²) in [6.45, 7) is 3.49. The molecule has 0 aliphatic carbocycles. The lowest BCUT2D eigenvalue weighted by Crippen LogP contribution is -2.25. The molecule has 2 unspecified atom stereocenters. The van der Waals surface area contributed by atoms with E-state index in [1.54, 1.807) is 25.1 Å². The highest BCUT2D eigenvalue weighted by Crippen LogP contribution is 2.20. The maximum atomic E-state index is 12.0. The molecule has 16 heavy (non-hydrogen) atoms. The number of hydrogen-bond acceptors (Lipinski definition) is 3. The van der Waals surface area contributed by atoms with Gasteiger partial charge in [0.05, 0.1) is 10.8 Å². The Bertz CT molecular complexity index is 432. The van der Waals surface area contributed by atoms with E-state index in [1.165, 1.54) is 0 Å². The summed E-state index contributed by atoms with van der Waals surface area (Å²) in [5, 5.41) is 0. The van der Waals surface area contributed by atoms with Crippen LogP contribution in [0.4, 0.5) is 5.69 Å². The number of nitrogens with two attached hydrogens (primary N) is 2. The fourth-order valence-corrected chi connectivity index (χ4v) is 2.76. The number of amides is 1. The molecule has 0 aromatic heterocycles. The van der Waals surface area contributed by atoms with Gasteiger partial charge in [-0.2, -0.15) is 0 Å². The Morgan fingerprint density at radius 2 is 2.12 bits per heavy atom. The van der Waals surface area contributed by atoms with Crippen molar-refractivity contribution < 1.29 is 9.00 Å². The highest BCUT2D eigenvalue weighted by molar-refractivity contribution is 7.85. The van der Waals surface area contributed by atoms with Gasteiger partial charge in [-0.3, -0.25) is 9.00 Å². The third kappa shape index (κ3) is 2.82. The lowest BCUT2D eigenvalue weighted by molar-refractivity contribution is -0.120. The van der Waals surface area contributed by atoms with Gasteiger partial charge in [-0.25, -0.2) is 0 Å². The van der Waals surface area contributed by atoms with Crippen LogP contribution in [-0.2, 0) is 15.6 Å². The zero-order chi connectivity index (χ0) is 12.3. The molecule has 1 rings (SSSR count). The summed E-state index contributed by atoms with van der Waals surface area (Å²) >= 11 is 0. The molecular formula is C11H16N2O2S. The molecule has 0 saturated carbocycles. The Labute approximate surface area is 97.5 Å². The van der Waals surface area contributed by atoms with Gasteiger partial charge in [-0.05, 0) is 24.6 Å². The van der Waals surface area contributed by atoms with Crippen LogP contribution in [0.3, 0.4) is 0 Å². The fourth-order valence-electron chi connectivity index (χ4n) is 1.28. The lowest BCUT2D eigenvalue weighted by Gasteiger charge is -2.10. The molecule has 4 N–H and O–H groups in total. The summed E-state index contributed by atoms with van der Waals surface area (Å²) in [7, 11) is -1.24. The summed E-state index contributed by atoms with van der Waals surface area (Å²) in [6.07, 6.45) is 0. The normalized spacial score (nSPS) is 14.4. The topological polar surface area (TPSA) is 86.2 Å². The minimum absolute atomic E-state index is 0.236. The maximum Gasteiger partial charge on any atom is 0.221 e. The van der Waals surface area contributed by atoms with E-state index in [2.05, 4.69) is 0 Å². The van der Waals surface area contributed by atoms with Crippen molar-refractivity contribution >= 4 is 22.4 Å². The number of carbonyl (C=O) groups is 1. The fraction of sp³-hybridized carbons (Fsp3) is 0.364. The standard InChI is InChI=1S/C11H16N2O2S/c1-7(11(13)14)6-16(15)10-5-3-4-9(12)8(10)2/h3-5,7H,6,12H2,1-2H3,(H2,13,14). The highest BCUT2D eigenvalue weighted by Gasteiger charge is 2.16. The van der Waals surface area contributed by atoms with E-state index >= 15 is 0 Å². The number of benzene rings is 1. The first-order valence-corrected chi connectivity index (χ1v) is 6.28. The van der Waals surface area contributed by atoms with Gasteiger partial charge < -0.3 is 11.5 Å². The summed E-state index contributed by atoms with van der Waals surface area (Å²) in [4.78, 5) is 11.6.